The number of nitrogens with zero attached hydrogens (tertiary/aromatic N) is 1. The summed E-state index contributed by atoms with van der Waals surface area (Å²) in [6.07, 6.45) is 2.00. The summed E-state index contributed by atoms with van der Waals surface area (Å²) in [5.74, 6) is -0.732. The molecule has 26 heavy (non-hydrogen) atoms. The van der Waals surface area contributed by atoms with Crippen LogP contribution in [0.15, 0.2) is 36.4 Å². The molecular weight excluding hydrogens is 358 g/mol. The average Bonchev–Trinajstić information content (AvgIpc) is 3.14. The first-order chi connectivity index (χ1) is 12.5. The number of carbonyl (C=O) groups excluding carboxylic acids is 2. The average molecular weight is 376 g/mol. The molecule has 0 spiro atoms. The number of hydrogen-bond donors (Lipinski definition) is 2. The number of ether oxygens (including phenoxy) is 2. The summed E-state index contributed by atoms with van der Waals surface area (Å²) in [7, 11) is 0. The third-order valence-corrected chi connectivity index (χ3v) is 4.11. The zero-order chi connectivity index (χ0) is 18.5. The van der Waals surface area contributed by atoms with Crippen molar-refractivity contribution in [3.05, 3.63) is 52.8 Å². The van der Waals surface area contributed by atoms with Gasteiger partial charge in [-0.2, -0.15) is 0 Å². The lowest BCUT2D eigenvalue weighted by Crippen LogP contribution is -2.20. The fourth-order valence-electron chi connectivity index (χ4n) is 2.57. The first-order valence-electron chi connectivity index (χ1n) is 8.15. The molecule has 2 aromatic rings. The predicted molar refractivity (Wildman–Crippen MR) is 96.6 cm³/mol. The zero-order valence-electron chi connectivity index (χ0n) is 13.9. The van der Waals surface area contributed by atoms with Crippen molar-refractivity contribution in [1.29, 1.82) is 0 Å². The number of rotatable bonds is 6. The molecule has 136 valence electrons. The number of aromatic nitrogens is 1. The SMILES string of the molecule is NC(=O)c1cccc(C(=O)Nc2cc(Cl)ccc2OCC2CCCO2)n1. The van der Waals surface area contributed by atoms with Crippen LogP contribution in [0.1, 0.15) is 33.8 Å². The first kappa shape index (κ1) is 18.2. The van der Waals surface area contributed by atoms with Crippen LogP contribution < -0.4 is 15.8 Å². The fraction of sp³-hybridized carbons (Fsp3) is 0.278. The summed E-state index contributed by atoms with van der Waals surface area (Å²) in [6.45, 7) is 1.13. The van der Waals surface area contributed by atoms with Crippen LogP contribution >= 0.6 is 11.6 Å². The summed E-state index contributed by atoms with van der Waals surface area (Å²) >= 11 is 6.03. The van der Waals surface area contributed by atoms with Gasteiger partial charge in [-0.05, 0) is 43.2 Å². The number of hydrogen-bond acceptors (Lipinski definition) is 5. The molecule has 1 unspecified atom stereocenters. The zero-order valence-corrected chi connectivity index (χ0v) is 14.7. The molecule has 1 aromatic carbocycles. The Morgan fingerprint density at radius 1 is 1.31 bits per heavy atom. The second-order valence-electron chi connectivity index (χ2n) is 5.81. The number of pyridine rings is 1. The van der Waals surface area contributed by atoms with Gasteiger partial charge in [0.15, 0.2) is 0 Å². The second-order valence-corrected chi connectivity index (χ2v) is 6.25. The van der Waals surface area contributed by atoms with Gasteiger partial charge in [-0.1, -0.05) is 17.7 Å². The van der Waals surface area contributed by atoms with E-state index in [1.165, 1.54) is 18.2 Å². The molecule has 8 heteroatoms. The number of amides is 2. The highest BCUT2D eigenvalue weighted by Crippen LogP contribution is 2.29. The van der Waals surface area contributed by atoms with Crippen molar-refractivity contribution in [3.63, 3.8) is 0 Å². The molecule has 1 aliphatic heterocycles. The Kier molecular flexibility index (Phi) is 5.70. The van der Waals surface area contributed by atoms with Gasteiger partial charge in [-0.3, -0.25) is 9.59 Å². The number of benzene rings is 1. The van der Waals surface area contributed by atoms with Gasteiger partial charge >= 0.3 is 0 Å². The van der Waals surface area contributed by atoms with Crippen LogP contribution in [0.3, 0.4) is 0 Å². The summed E-state index contributed by atoms with van der Waals surface area (Å²) in [5, 5.41) is 3.15. The van der Waals surface area contributed by atoms with E-state index in [9.17, 15) is 9.59 Å². The summed E-state index contributed by atoms with van der Waals surface area (Å²) in [4.78, 5) is 27.6. The normalized spacial score (nSPS) is 16.3. The van der Waals surface area contributed by atoms with Crippen LogP contribution in [0.4, 0.5) is 5.69 Å². The molecule has 0 bridgehead atoms. The number of carbonyl (C=O) groups is 2. The third-order valence-electron chi connectivity index (χ3n) is 3.87. The highest BCUT2D eigenvalue weighted by molar-refractivity contribution is 6.31. The molecule has 3 N–H and O–H groups in total. The van der Waals surface area contributed by atoms with Crippen molar-refractivity contribution in [1.82, 2.24) is 4.98 Å². The van der Waals surface area contributed by atoms with Crippen LogP contribution in [0.5, 0.6) is 5.75 Å². The van der Waals surface area contributed by atoms with E-state index >= 15 is 0 Å². The Labute approximate surface area is 155 Å². The van der Waals surface area contributed by atoms with E-state index in [1.807, 2.05) is 0 Å². The van der Waals surface area contributed by atoms with Crippen LogP contribution in [0, 0.1) is 0 Å². The standard InChI is InChI=1S/C18H18ClN3O4/c19-11-6-7-16(26-10-12-3-2-8-25-12)15(9-11)22-18(24)14-5-1-4-13(21-14)17(20)23/h1,4-7,9,12H,2-3,8,10H2,(H2,20,23)(H,22,24). The van der Waals surface area contributed by atoms with Crippen LogP contribution in [0.25, 0.3) is 0 Å². The molecule has 1 saturated heterocycles. The van der Waals surface area contributed by atoms with Crippen LogP contribution in [0.2, 0.25) is 5.02 Å². The minimum absolute atomic E-state index is 0.0126. The van der Waals surface area contributed by atoms with Crippen LogP contribution in [-0.2, 0) is 4.74 Å². The van der Waals surface area contributed by atoms with Gasteiger partial charge in [-0.15, -0.1) is 0 Å². The maximum atomic E-state index is 12.5. The van der Waals surface area contributed by atoms with Crippen molar-refractivity contribution in [2.24, 2.45) is 5.73 Å². The van der Waals surface area contributed by atoms with Gasteiger partial charge in [0.05, 0.1) is 11.8 Å². The lowest BCUT2D eigenvalue weighted by atomic mass is 10.2. The van der Waals surface area contributed by atoms with Crippen molar-refractivity contribution in [2.45, 2.75) is 18.9 Å². The predicted octanol–water partition coefficient (Wildman–Crippen LogP) is 2.64. The van der Waals surface area contributed by atoms with E-state index in [2.05, 4.69) is 10.3 Å². The molecule has 0 aliphatic carbocycles. The van der Waals surface area contributed by atoms with E-state index in [4.69, 9.17) is 26.8 Å². The van der Waals surface area contributed by atoms with Crippen molar-refractivity contribution >= 4 is 29.1 Å². The molecule has 0 radical (unpaired) electrons. The molecule has 2 heterocycles. The number of halogens is 1. The first-order valence-corrected chi connectivity index (χ1v) is 8.53. The van der Waals surface area contributed by atoms with Crippen LogP contribution in [-0.4, -0.2) is 36.1 Å². The molecule has 3 rings (SSSR count). The molecule has 0 saturated carbocycles. The second kappa shape index (κ2) is 8.16. The lowest BCUT2D eigenvalue weighted by molar-refractivity contribution is 0.0682. The number of nitrogens with one attached hydrogen (secondary N) is 1. The Balaban J connectivity index is 1.75. The Hall–Kier alpha value is -2.64. The Bertz CT molecular complexity index is 822. The Morgan fingerprint density at radius 3 is 2.85 bits per heavy atom. The molecule has 2 amide bonds. The van der Waals surface area contributed by atoms with Crippen molar-refractivity contribution < 1.29 is 19.1 Å². The monoisotopic (exact) mass is 375 g/mol. The van der Waals surface area contributed by atoms with Gasteiger partial charge in [0.1, 0.15) is 23.7 Å². The van der Waals surface area contributed by atoms with E-state index in [0.29, 0.717) is 23.1 Å². The van der Waals surface area contributed by atoms with Crippen molar-refractivity contribution in [3.8, 4) is 5.75 Å². The molecule has 1 aromatic heterocycles. The Morgan fingerprint density at radius 2 is 2.12 bits per heavy atom. The molecule has 7 nitrogen and oxygen atoms in total. The summed E-state index contributed by atoms with van der Waals surface area (Å²) < 4.78 is 11.3. The van der Waals surface area contributed by atoms with Gasteiger partial charge in [0, 0.05) is 11.6 Å². The van der Waals surface area contributed by atoms with E-state index < -0.39 is 11.8 Å². The molecule has 1 fully saturated rings. The largest absolute Gasteiger partial charge is 0.489 e. The van der Waals surface area contributed by atoms with Gasteiger partial charge in [0.25, 0.3) is 11.8 Å². The van der Waals surface area contributed by atoms with E-state index in [0.717, 1.165) is 19.4 Å². The third kappa shape index (κ3) is 4.50. The maximum absolute atomic E-state index is 12.5. The minimum atomic E-state index is -0.706. The smallest absolute Gasteiger partial charge is 0.274 e. The van der Waals surface area contributed by atoms with Crippen molar-refractivity contribution in [2.75, 3.05) is 18.5 Å². The van der Waals surface area contributed by atoms with E-state index in [1.54, 1.807) is 18.2 Å². The topological polar surface area (TPSA) is 104 Å². The molecular formula is C18H18ClN3O4. The molecule has 1 atom stereocenters. The van der Waals surface area contributed by atoms with Gasteiger partial charge < -0.3 is 20.5 Å². The highest BCUT2D eigenvalue weighted by Gasteiger charge is 2.18. The maximum Gasteiger partial charge on any atom is 0.274 e. The fourth-order valence-corrected chi connectivity index (χ4v) is 2.74. The number of primary amides is 1. The molecule has 1 aliphatic rings. The summed E-state index contributed by atoms with van der Waals surface area (Å²) in [5.41, 5.74) is 5.68. The summed E-state index contributed by atoms with van der Waals surface area (Å²) in [6, 6.07) is 9.40. The quantitative estimate of drug-likeness (QED) is 0.807. The minimum Gasteiger partial charge on any atom is -0.489 e. The van der Waals surface area contributed by atoms with Gasteiger partial charge in [0.2, 0.25) is 0 Å². The highest BCUT2D eigenvalue weighted by atomic mass is 35.5. The number of nitrogens with two attached hydrogens (primary N) is 1. The van der Waals surface area contributed by atoms with E-state index in [-0.39, 0.29) is 17.5 Å². The lowest BCUT2D eigenvalue weighted by Gasteiger charge is -2.15. The number of anilines is 1. The van der Waals surface area contributed by atoms with Gasteiger partial charge in [-0.25, -0.2) is 4.98 Å².